The van der Waals surface area contributed by atoms with Gasteiger partial charge in [-0.1, -0.05) is 0 Å². The lowest BCUT2D eigenvalue weighted by molar-refractivity contribution is 0.0462. The summed E-state index contributed by atoms with van der Waals surface area (Å²) in [5.74, 6) is -0.838. The molecule has 0 spiro atoms. The highest BCUT2D eigenvalue weighted by atomic mass is 19.1. The summed E-state index contributed by atoms with van der Waals surface area (Å²) in [6, 6.07) is 1.39. The molecule has 1 amide bonds. The number of aromatic nitrogens is 1. The SMILES string of the molecule is CC(O)C1CCCN(C(=O)c2ccncc2F)C1. The normalized spacial score (nSPS) is 21.7. The number of amides is 1. The zero-order chi connectivity index (χ0) is 13.1. The lowest BCUT2D eigenvalue weighted by Gasteiger charge is -2.34. The van der Waals surface area contributed by atoms with Gasteiger partial charge in [-0.25, -0.2) is 4.39 Å². The maximum atomic E-state index is 13.5. The fourth-order valence-corrected chi connectivity index (χ4v) is 2.31. The quantitative estimate of drug-likeness (QED) is 0.866. The van der Waals surface area contributed by atoms with Crippen LogP contribution in [0.1, 0.15) is 30.1 Å². The van der Waals surface area contributed by atoms with Crippen LogP contribution >= 0.6 is 0 Å². The van der Waals surface area contributed by atoms with E-state index in [2.05, 4.69) is 4.98 Å². The molecule has 2 atom stereocenters. The summed E-state index contributed by atoms with van der Waals surface area (Å²) < 4.78 is 13.5. The summed E-state index contributed by atoms with van der Waals surface area (Å²) in [6.45, 7) is 2.83. The molecule has 18 heavy (non-hydrogen) atoms. The van der Waals surface area contributed by atoms with Gasteiger partial charge in [-0.05, 0) is 25.8 Å². The predicted molar refractivity (Wildman–Crippen MR) is 64.5 cm³/mol. The van der Waals surface area contributed by atoms with E-state index >= 15 is 0 Å². The second-order valence-electron chi connectivity index (χ2n) is 4.75. The molecule has 1 N–H and O–H groups in total. The maximum Gasteiger partial charge on any atom is 0.256 e. The molecule has 1 fully saturated rings. The largest absolute Gasteiger partial charge is 0.393 e. The zero-order valence-corrected chi connectivity index (χ0v) is 10.3. The van der Waals surface area contributed by atoms with Crippen LogP contribution in [0.3, 0.4) is 0 Å². The van der Waals surface area contributed by atoms with Gasteiger partial charge in [0.15, 0.2) is 5.82 Å². The van der Waals surface area contributed by atoms with Crippen molar-refractivity contribution < 1.29 is 14.3 Å². The molecule has 2 unspecified atom stereocenters. The number of halogens is 1. The summed E-state index contributed by atoms with van der Waals surface area (Å²) in [7, 11) is 0. The number of piperidine rings is 1. The molecule has 1 aliphatic rings. The molecule has 1 saturated heterocycles. The third-order valence-corrected chi connectivity index (χ3v) is 3.43. The van der Waals surface area contributed by atoms with E-state index in [1.165, 1.54) is 12.3 Å². The van der Waals surface area contributed by atoms with Gasteiger partial charge in [0.2, 0.25) is 0 Å². The molecule has 1 aromatic heterocycles. The van der Waals surface area contributed by atoms with Crippen molar-refractivity contribution in [3.05, 3.63) is 29.8 Å². The van der Waals surface area contributed by atoms with Crippen LogP contribution in [0.5, 0.6) is 0 Å². The van der Waals surface area contributed by atoms with E-state index in [4.69, 9.17) is 0 Å². The fraction of sp³-hybridized carbons (Fsp3) is 0.538. The summed E-state index contributed by atoms with van der Waals surface area (Å²) in [5.41, 5.74) is 0.0521. The Morgan fingerprint density at radius 3 is 3.11 bits per heavy atom. The summed E-state index contributed by atoms with van der Waals surface area (Å²) in [4.78, 5) is 17.4. The van der Waals surface area contributed by atoms with Crippen molar-refractivity contribution in [1.29, 1.82) is 0 Å². The molecular formula is C13H17FN2O2. The first kappa shape index (κ1) is 13.0. The van der Waals surface area contributed by atoms with Gasteiger partial charge in [0.1, 0.15) is 0 Å². The Kier molecular flexibility index (Phi) is 3.91. The summed E-state index contributed by atoms with van der Waals surface area (Å²) in [5, 5.41) is 9.58. The fourth-order valence-electron chi connectivity index (χ4n) is 2.31. The number of hydrogen-bond acceptors (Lipinski definition) is 3. The minimum atomic E-state index is -0.596. The van der Waals surface area contributed by atoms with Crippen LogP contribution in [-0.2, 0) is 0 Å². The van der Waals surface area contributed by atoms with Crippen molar-refractivity contribution in [3.8, 4) is 0 Å². The first-order valence-corrected chi connectivity index (χ1v) is 6.16. The minimum absolute atomic E-state index is 0.0521. The lowest BCUT2D eigenvalue weighted by atomic mass is 9.93. The smallest absolute Gasteiger partial charge is 0.256 e. The number of aliphatic hydroxyl groups excluding tert-OH is 1. The van der Waals surface area contributed by atoms with E-state index in [1.807, 2.05) is 0 Å². The number of pyridine rings is 1. The molecule has 0 aliphatic carbocycles. The van der Waals surface area contributed by atoms with Crippen LogP contribution in [0.15, 0.2) is 18.5 Å². The first-order chi connectivity index (χ1) is 8.59. The Morgan fingerprint density at radius 1 is 1.67 bits per heavy atom. The van der Waals surface area contributed by atoms with Crippen LogP contribution in [0.25, 0.3) is 0 Å². The van der Waals surface area contributed by atoms with Gasteiger partial charge in [-0.3, -0.25) is 9.78 Å². The van der Waals surface area contributed by atoms with Crippen LogP contribution in [0, 0.1) is 11.7 Å². The number of hydrogen-bond donors (Lipinski definition) is 1. The van der Waals surface area contributed by atoms with Gasteiger partial charge in [0.05, 0.1) is 17.9 Å². The number of carbonyl (C=O) groups is 1. The van der Waals surface area contributed by atoms with Crippen molar-refractivity contribution in [2.24, 2.45) is 5.92 Å². The molecule has 0 aromatic carbocycles. The molecule has 1 aliphatic heterocycles. The van der Waals surface area contributed by atoms with E-state index in [-0.39, 0.29) is 17.4 Å². The Bertz CT molecular complexity index is 437. The van der Waals surface area contributed by atoms with E-state index in [9.17, 15) is 14.3 Å². The highest BCUT2D eigenvalue weighted by Crippen LogP contribution is 2.21. The molecule has 0 saturated carbocycles. The molecule has 1 aromatic rings. The number of aliphatic hydroxyl groups is 1. The Morgan fingerprint density at radius 2 is 2.44 bits per heavy atom. The van der Waals surface area contributed by atoms with Crippen LogP contribution in [0.4, 0.5) is 4.39 Å². The average Bonchev–Trinajstić information content (AvgIpc) is 2.38. The molecule has 4 nitrogen and oxygen atoms in total. The van der Waals surface area contributed by atoms with Crippen LogP contribution in [0.2, 0.25) is 0 Å². The second-order valence-corrected chi connectivity index (χ2v) is 4.75. The topological polar surface area (TPSA) is 53.4 Å². The molecular weight excluding hydrogens is 235 g/mol. The number of carbonyl (C=O) groups excluding carboxylic acids is 1. The van der Waals surface area contributed by atoms with Gasteiger partial charge in [0.25, 0.3) is 5.91 Å². The molecule has 98 valence electrons. The van der Waals surface area contributed by atoms with Crippen LogP contribution in [-0.4, -0.2) is 40.1 Å². The minimum Gasteiger partial charge on any atom is -0.393 e. The second kappa shape index (κ2) is 5.44. The highest BCUT2D eigenvalue weighted by molar-refractivity contribution is 5.94. The van der Waals surface area contributed by atoms with Crippen molar-refractivity contribution in [1.82, 2.24) is 9.88 Å². The Hall–Kier alpha value is -1.49. The van der Waals surface area contributed by atoms with E-state index in [0.717, 1.165) is 19.0 Å². The molecule has 2 heterocycles. The Labute approximate surface area is 105 Å². The first-order valence-electron chi connectivity index (χ1n) is 6.16. The van der Waals surface area contributed by atoms with Gasteiger partial charge < -0.3 is 10.0 Å². The maximum absolute atomic E-state index is 13.5. The van der Waals surface area contributed by atoms with Crippen LogP contribution < -0.4 is 0 Å². The lowest BCUT2D eigenvalue weighted by Crippen LogP contribution is -2.43. The highest BCUT2D eigenvalue weighted by Gasteiger charge is 2.28. The molecule has 5 heteroatoms. The number of rotatable bonds is 2. The third kappa shape index (κ3) is 2.67. The van der Waals surface area contributed by atoms with Gasteiger partial charge >= 0.3 is 0 Å². The van der Waals surface area contributed by atoms with Gasteiger partial charge in [-0.15, -0.1) is 0 Å². The summed E-state index contributed by atoms with van der Waals surface area (Å²) in [6.07, 6.45) is 3.76. The van der Waals surface area contributed by atoms with Crippen molar-refractivity contribution in [3.63, 3.8) is 0 Å². The third-order valence-electron chi connectivity index (χ3n) is 3.43. The van der Waals surface area contributed by atoms with Gasteiger partial charge in [0, 0.05) is 25.2 Å². The van der Waals surface area contributed by atoms with Gasteiger partial charge in [-0.2, -0.15) is 0 Å². The average molecular weight is 252 g/mol. The van der Waals surface area contributed by atoms with E-state index < -0.39 is 11.9 Å². The molecule has 2 rings (SSSR count). The molecule has 0 bridgehead atoms. The predicted octanol–water partition coefficient (Wildman–Crippen LogP) is 1.45. The Balaban J connectivity index is 2.12. The van der Waals surface area contributed by atoms with E-state index in [1.54, 1.807) is 11.8 Å². The number of likely N-dealkylation sites (tertiary alicyclic amines) is 1. The van der Waals surface area contributed by atoms with E-state index in [0.29, 0.717) is 13.1 Å². The molecule has 0 radical (unpaired) electrons. The zero-order valence-electron chi connectivity index (χ0n) is 10.3. The van der Waals surface area contributed by atoms with Crippen molar-refractivity contribution in [2.75, 3.05) is 13.1 Å². The standard InChI is InChI=1S/C13H17FN2O2/c1-9(17)10-3-2-6-16(8-10)13(18)11-4-5-15-7-12(11)14/h4-5,7,9-10,17H,2-3,6,8H2,1H3. The monoisotopic (exact) mass is 252 g/mol. The number of nitrogens with zero attached hydrogens (tertiary/aromatic N) is 2. The summed E-state index contributed by atoms with van der Waals surface area (Å²) >= 11 is 0. The van der Waals surface area contributed by atoms with Crippen molar-refractivity contribution >= 4 is 5.91 Å². The van der Waals surface area contributed by atoms with Crippen molar-refractivity contribution in [2.45, 2.75) is 25.9 Å².